The Hall–Kier alpha value is -2.54. The quantitative estimate of drug-likeness (QED) is 0.861. The van der Waals surface area contributed by atoms with Crippen LogP contribution >= 0.6 is 0 Å². The van der Waals surface area contributed by atoms with Crippen molar-refractivity contribution in [3.8, 4) is 5.75 Å². The van der Waals surface area contributed by atoms with Gasteiger partial charge in [-0.05, 0) is 31.0 Å². The standard InChI is InChI=1S/C19H24N4O3/c1-11-8-13-14(9-17(25)20-15(13)10-16(11)24)18-12(2)21-22(3)19(18)23-4-6-26-7-5-23/h8,10,14,24H,4-7,9H2,1-3H3,(H,20,25). The largest absolute Gasteiger partial charge is 0.508 e. The molecule has 26 heavy (non-hydrogen) atoms. The van der Waals surface area contributed by atoms with Crippen LogP contribution < -0.4 is 10.2 Å². The van der Waals surface area contributed by atoms with E-state index in [0.29, 0.717) is 25.3 Å². The Morgan fingerprint density at radius 1 is 1.27 bits per heavy atom. The Morgan fingerprint density at radius 3 is 2.73 bits per heavy atom. The van der Waals surface area contributed by atoms with Gasteiger partial charge in [0.25, 0.3) is 0 Å². The van der Waals surface area contributed by atoms with E-state index in [9.17, 15) is 9.90 Å². The first kappa shape index (κ1) is 16.9. The van der Waals surface area contributed by atoms with Gasteiger partial charge in [-0.1, -0.05) is 0 Å². The zero-order valence-electron chi connectivity index (χ0n) is 15.4. The highest BCUT2D eigenvalue weighted by Gasteiger charge is 2.34. The van der Waals surface area contributed by atoms with Crippen LogP contribution in [0.25, 0.3) is 0 Å². The smallest absolute Gasteiger partial charge is 0.225 e. The van der Waals surface area contributed by atoms with Crippen LogP contribution in [0.15, 0.2) is 12.1 Å². The molecule has 0 radical (unpaired) electrons. The molecular formula is C19H24N4O3. The third-order valence-electron chi connectivity index (χ3n) is 5.30. The van der Waals surface area contributed by atoms with Crippen LogP contribution in [-0.2, 0) is 16.6 Å². The van der Waals surface area contributed by atoms with Crippen LogP contribution in [0, 0.1) is 13.8 Å². The second kappa shape index (κ2) is 6.32. The van der Waals surface area contributed by atoms with E-state index in [4.69, 9.17) is 4.74 Å². The zero-order chi connectivity index (χ0) is 18.4. The summed E-state index contributed by atoms with van der Waals surface area (Å²) in [5, 5.41) is 17.6. The molecule has 2 N–H and O–H groups in total. The number of aromatic nitrogens is 2. The van der Waals surface area contributed by atoms with Gasteiger partial charge in [0.2, 0.25) is 5.91 Å². The van der Waals surface area contributed by atoms with Crippen LogP contribution in [0.2, 0.25) is 0 Å². The summed E-state index contributed by atoms with van der Waals surface area (Å²) >= 11 is 0. The number of hydrogen-bond donors (Lipinski definition) is 2. The third kappa shape index (κ3) is 2.72. The van der Waals surface area contributed by atoms with Crippen molar-refractivity contribution in [2.75, 3.05) is 36.5 Å². The molecule has 1 fully saturated rings. The number of aryl methyl sites for hydroxylation is 3. The van der Waals surface area contributed by atoms with Gasteiger partial charge in [-0.3, -0.25) is 9.48 Å². The number of aromatic hydroxyl groups is 1. The first-order valence-electron chi connectivity index (χ1n) is 8.95. The van der Waals surface area contributed by atoms with Gasteiger partial charge in [-0.25, -0.2) is 0 Å². The van der Waals surface area contributed by atoms with E-state index in [2.05, 4.69) is 15.3 Å². The minimum absolute atomic E-state index is 0.0399. The van der Waals surface area contributed by atoms with Crippen LogP contribution in [-0.4, -0.2) is 47.1 Å². The molecule has 138 valence electrons. The maximum atomic E-state index is 12.4. The van der Waals surface area contributed by atoms with Crippen molar-refractivity contribution < 1.29 is 14.6 Å². The fraction of sp³-hybridized carbons (Fsp3) is 0.474. The van der Waals surface area contributed by atoms with E-state index in [-0.39, 0.29) is 17.6 Å². The van der Waals surface area contributed by atoms with E-state index in [1.165, 1.54) is 0 Å². The van der Waals surface area contributed by atoms with Gasteiger partial charge in [0, 0.05) is 49.8 Å². The number of carbonyl (C=O) groups excluding carboxylic acids is 1. The number of morpholine rings is 1. The van der Waals surface area contributed by atoms with Crippen LogP contribution in [0.1, 0.15) is 34.7 Å². The molecule has 4 rings (SSSR count). The summed E-state index contributed by atoms with van der Waals surface area (Å²) in [6.45, 7) is 6.89. The average molecular weight is 356 g/mol. The lowest BCUT2D eigenvalue weighted by Gasteiger charge is -2.33. The minimum atomic E-state index is -0.0791. The van der Waals surface area contributed by atoms with Gasteiger partial charge in [-0.15, -0.1) is 0 Å². The Kier molecular flexibility index (Phi) is 4.11. The number of nitrogens with zero attached hydrogens (tertiary/aromatic N) is 3. The molecule has 1 unspecified atom stereocenters. The fourth-order valence-corrected chi connectivity index (χ4v) is 4.09. The van der Waals surface area contributed by atoms with Crippen molar-refractivity contribution in [3.63, 3.8) is 0 Å². The molecule has 7 nitrogen and oxygen atoms in total. The van der Waals surface area contributed by atoms with Crippen LogP contribution in [0.5, 0.6) is 5.75 Å². The van der Waals surface area contributed by atoms with E-state index >= 15 is 0 Å². The van der Waals surface area contributed by atoms with Crippen molar-refractivity contribution in [3.05, 3.63) is 34.5 Å². The molecule has 2 aromatic rings. The summed E-state index contributed by atoms with van der Waals surface area (Å²) in [5.41, 5.74) is 4.55. The fourth-order valence-electron chi connectivity index (χ4n) is 4.09. The molecule has 2 aliphatic rings. The SMILES string of the molecule is Cc1cc2c(cc1O)NC(=O)CC2c1c(C)nn(C)c1N1CCOCC1. The summed E-state index contributed by atoms with van der Waals surface area (Å²) in [7, 11) is 1.95. The number of ether oxygens (including phenoxy) is 1. The topological polar surface area (TPSA) is 79.6 Å². The number of phenolic OH excluding ortho intramolecular Hbond substituents is 1. The minimum Gasteiger partial charge on any atom is -0.508 e. The van der Waals surface area contributed by atoms with Crippen LogP contribution in [0.3, 0.4) is 0 Å². The highest BCUT2D eigenvalue weighted by Crippen LogP contribution is 2.44. The molecule has 1 aromatic carbocycles. The van der Waals surface area contributed by atoms with Gasteiger partial charge < -0.3 is 20.1 Å². The number of hydrogen-bond acceptors (Lipinski definition) is 5. The predicted octanol–water partition coefficient (Wildman–Crippen LogP) is 2.05. The Balaban J connectivity index is 1.86. The molecule has 1 aromatic heterocycles. The van der Waals surface area contributed by atoms with E-state index < -0.39 is 0 Å². The Bertz CT molecular complexity index is 868. The number of phenols is 1. The summed E-state index contributed by atoms with van der Waals surface area (Å²) in [5.74, 6) is 1.13. The van der Waals surface area contributed by atoms with Gasteiger partial charge in [0.1, 0.15) is 11.6 Å². The van der Waals surface area contributed by atoms with E-state index in [1.807, 2.05) is 31.6 Å². The number of amides is 1. The van der Waals surface area contributed by atoms with Crippen molar-refractivity contribution in [2.45, 2.75) is 26.2 Å². The first-order valence-corrected chi connectivity index (χ1v) is 8.95. The lowest BCUT2D eigenvalue weighted by Crippen LogP contribution is -2.38. The monoisotopic (exact) mass is 356 g/mol. The van der Waals surface area contributed by atoms with Gasteiger partial charge in [-0.2, -0.15) is 5.10 Å². The van der Waals surface area contributed by atoms with Crippen LogP contribution in [0.4, 0.5) is 11.5 Å². The molecule has 0 spiro atoms. The summed E-state index contributed by atoms with van der Waals surface area (Å²) in [4.78, 5) is 14.6. The van der Waals surface area contributed by atoms with E-state index in [0.717, 1.165) is 41.3 Å². The first-order chi connectivity index (χ1) is 12.5. The maximum Gasteiger partial charge on any atom is 0.225 e. The number of carbonyl (C=O) groups is 1. The van der Waals surface area contributed by atoms with E-state index in [1.54, 1.807) is 6.07 Å². The number of rotatable bonds is 2. The van der Waals surface area contributed by atoms with Crippen molar-refractivity contribution in [1.29, 1.82) is 0 Å². The third-order valence-corrected chi connectivity index (χ3v) is 5.30. The predicted molar refractivity (Wildman–Crippen MR) is 98.9 cm³/mol. The molecule has 1 amide bonds. The van der Waals surface area contributed by atoms with Crippen molar-refractivity contribution in [1.82, 2.24) is 9.78 Å². The summed E-state index contributed by atoms with van der Waals surface area (Å²) < 4.78 is 7.40. The lowest BCUT2D eigenvalue weighted by molar-refractivity contribution is -0.116. The molecular weight excluding hydrogens is 332 g/mol. The Morgan fingerprint density at radius 2 is 2.00 bits per heavy atom. The molecule has 3 heterocycles. The highest BCUT2D eigenvalue weighted by atomic mass is 16.5. The molecule has 1 atom stereocenters. The Labute approximate surface area is 152 Å². The zero-order valence-corrected chi connectivity index (χ0v) is 15.4. The highest BCUT2D eigenvalue weighted by molar-refractivity contribution is 5.96. The van der Waals surface area contributed by atoms with Gasteiger partial charge >= 0.3 is 0 Å². The molecule has 0 saturated carbocycles. The number of anilines is 2. The second-order valence-corrected chi connectivity index (χ2v) is 7.08. The van der Waals surface area contributed by atoms with Gasteiger partial charge in [0.05, 0.1) is 18.9 Å². The van der Waals surface area contributed by atoms with Crippen molar-refractivity contribution in [2.24, 2.45) is 7.05 Å². The second-order valence-electron chi connectivity index (χ2n) is 7.08. The summed E-state index contributed by atoms with van der Waals surface area (Å²) in [6, 6.07) is 3.62. The summed E-state index contributed by atoms with van der Waals surface area (Å²) in [6.07, 6.45) is 0.376. The number of fused-ring (bicyclic) bond motifs is 1. The molecule has 0 aliphatic carbocycles. The molecule has 1 saturated heterocycles. The molecule has 0 bridgehead atoms. The number of nitrogens with one attached hydrogen (secondary N) is 1. The molecule has 7 heteroatoms. The normalized spacial score (nSPS) is 20.0. The number of benzene rings is 1. The van der Waals surface area contributed by atoms with Crippen molar-refractivity contribution >= 4 is 17.4 Å². The lowest BCUT2D eigenvalue weighted by atomic mass is 9.83. The molecule has 2 aliphatic heterocycles. The maximum absolute atomic E-state index is 12.4. The van der Waals surface area contributed by atoms with Gasteiger partial charge in [0.15, 0.2) is 0 Å². The average Bonchev–Trinajstić information content (AvgIpc) is 2.90.